The number of alkyl halides is 1. The van der Waals surface area contributed by atoms with Gasteiger partial charge in [0.1, 0.15) is 0 Å². The Morgan fingerprint density at radius 3 is 2.81 bits per heavy atom. The van der Waals surface area contributed by atoms with E-state index >= 15 is 0 Å². The summed E-state index contributed by atoms with van der Waals surface area (Å²) in [7, 11) is 0. The van der Waals surface area contributed by atoms with E-state index in [0.717, 1.165) is 19.5 Å². The Hall–Kier alpha value is -0.480. The zero-order valence-corrected chi connectivity index (χ0v) is 14.3. The van der Waals surface area contributed by atoms with Gasteiger partial charge in [0.2, 0.25) is 0 Å². The molecule has 1 aliphatic rings. The molecule has 1 aliphatic heterocycles. The van der Waals surface area contributed by atoms with Gasteiger partial charge in [0.25, 0.3) is 0 Å². The Morgan fingerprint density at radius 2 is 2.24 bits per heavy atom. The third-order valence-electron chi connectivity index (χ3n) is 3.86. The van der Waals surface area contributed by atoms with E-state index in [1.165, 1.54) is 6.42 Å². The molecule has 1 fully saturated rings. The first kappa shape index (κ1) is 18.6. The van der Waals surface area contributed by atoms with Crippen molar-refractivity contribution < 1.29 is 4.79 Å². The number of nitrogens with zero attached hydrogens (tertiary/aromatic N) is 1. The number of ketones is 1. The number of nitrogens with two attached hydrogens (primary N) is 1. The van der Waals surface area contributed by atoms with Crippen molar-refractivity contribution in [2.75, 3.05) is 24.7 Å². The van der Waals surface area contributed by atoms with Crippen LogP contribution in [0, 0.1) is 5.92 Å². The third-order valence-corrected chi connectivity index (χ3v) is 4.48. The second-order valence-corrected chi connectivity index (χ2v) is 6.23. The first-order chi connectivity index (χ1) is 9.52. The SMILES string of the molecule is CC1CCCN(C(CCl)C(=O)c2ccc(N)c(Cl)c2)C1.Cl. The number of rotatable bonds is 4. The minimum Gasteiger partial charge on any atom is -0.398 e. The van der Waals surface area contributed by atoms with Gasteiger partial charge in [0.05, 0.1) is 16.8 Å². The number of Topliss-reactive ketones (excluding diaryl/α,β-unsaturated/α-hetero) is 1. The average Bonchev–Trinajstić information content (AvgIpc) is 2.42. The minimum absolute atomic E-state index is 0. The first-order valence-corrected chi connectivity index (χ1v) is 7.83. The van der Waals surface area contributed by atoms with Crippen molar-refractivity contribution in [2.24, 2.45) is 5.92 Å². The molecule has 2 N–H and O–H groups in total. The Labute approximate surface area is 142 Å². The van der Waals surface area contributed by atoms with Crippen molar-refractivity contribution in [2.45, 2.75) is 25.8 Å². The monoisotopic (exact) mass is 350 g/mol. The molecule has 0 radical (unpaired) electrons. The van der Waals surface area contributed by atoms with E-state index < -0.39 is 0 Å². The fourth-order valence-corrected chi connectivity index (χ4v) is 3.23. The molecule has 1 aromatic rings. The molecule has 0 saturated carbocycles. The largest absolute Gasteiger partial charge is 0.398 e. The predicted molar refractivity (Wildman–Crippen MR) is 91.9 cm³/mol. The molecular weight excluding hydrogens is 331 g/mol. The van der Waals surface area contributed by atoms with Crippen LogP contribution in [-0.4, -0.2) is 35.7 Å². The smallest absolute Gasteiger partial charge is 0.181 e. The molecule has 118 valence electrons. The van der Waals surface area contributed by atoms with Crippen LogP contribution < -0.4 is 5.73 Å². The molecule has 0 amide bonds. The van der Waals surface area contributed by atoms with Crippen LogP contribution in [0.3, 0.4) is 0 Å². The minimum atomic E-state index is -0.279. The molecule has 2 rings (SSSR count). The van der Waals surface area contributed by atoms with Crippen LogP contribution in [-0.2, 0) is 0 Å². The molecule has 21 heavy (non-hydrogen) atoms. The number of nitrogen functional groups attached to an aromatic ring is 1. The predicted octanol–water partition coefficient (Wildman–Crippen LogP) is 3.87. The normalized spacial score (nSPS) is 20.6. The summed E-state index contributed by atoms with van der Waals surface area (Å²) in [6.45, 7) is 4.06. The molecule has 1 heterocycles. The van der Waals surface area contributed by atoms with Crippen LogP contribution in [0.5, 0.6) is 0 Å². The van der Waals surface area contributed by atoms with Gasteiger partial charge in [-0.1, -0.05) is 18.5 Å². The zero-order valence-electron chi connectivity index (χ0n) is 12.0. The van der Waals surface area contributed by atoms with Gasteiger partial charge in [0, 0.05) is 18.0 Å². The summed E-state index contributed by atoms with van der Waals surface area (Å²) in [5.74, 6) is 0.932. The zero-order chi connectivity index (χ0) is 14.7. The van der Waals surface area contributed by atoms with Gasteiger partial charge in [-0.25, -0.2) is 0 Å². The van der Waals surface area contributed by atoms with Crippen LogP contribution in [0.2, 0.25) is 5.02 Å². The maximum atomic E-state index is 12.6. The van der Waals surface area contributed by atoms with Crippen molar-refractivity contribution in [3.05, 3.63) is 28.8 Å². The highest BCUT2D eigenvalue weighted by Crippen LogP contribution is 2.24. The molecule has 6 heteroatoms. The number of carbonyl (C=O) groups excluding carboxylic acids is 1. The Bertz CT molecular complexity index is 496. The fraction of sp³-hybridized carbons (Fsp3) is 0.533. The van der Waals surface area contributed by atoms with Crippen molar-refractivity contribution >= 4 is 47.1 Å². The van der Waals surface area contributed by atoms with E-state index in [9.17, 15) is 4.79 Å². The summed E-state index contributed by atoms with van der Waals surface area (Å²) in [6, 6.07) is 4.74. The summed E-state index contributed by atoms with van der Waals surface area (Å²) < 4.78 is 0. The maximum Gasteiger partial charge on any atom is 0.181 e. The van der Waals surface area contributed by atoms with Gasteiger partial charge in [-0.05, 0) is 43.5 Å². The molecule has 3 nitrogen and oxygen atoms in total. The lowest BCUT2D eigenvalue weighted by Gasteiger charge is -2.35. The van der Waals surface area contributed by atoms with Crippen LogP contribution in [0.4, 0.5) is 5.69 Å². The second kappa shape index (κ2) is 8.23. The quantitative estimate of drug-likeness (QED) is 0.509. The number of piperidine rings is 1. The van der Waals surface area contributed by atoms with Gasteiger partial charge in [-0.2, -0.15) is 0 Å². The van der Waals surface area contributed by atoms with E-state index in [1.54, 1.807) is 18.2 Å². The summed E-state index contributed by atoms with van der Waals surface area (Å²) in [5, 5.41) is 0.413. The molecule has 1 aromatic carbocycles. The molecule has 0 aliphatic carbocycles. The number of hydrogen-bond donors (Lipinski definition) is 1. The number of carbonyl (C=O) groups is 1. The standard InChI is InChI=1S/C15H20Cl2N2O.ClH/c1-10-3-2-6-19(9-10)14(8-16)15(20)11-4-5-13(18)12(17)7-11;/h4-5,7,10,14H,2-3,6,8-9,18H2,1H3;1H. The van der Waals surface area contributed by atoms with Crippen LogP contribution >= 0.6 is 35.6 Å². The molecule has 0 aromatic heterocycles. The van der Waals surface area contributed by atoms with E-state index in [-0.39, 0.29) is 24.2 Å². The van der Waals surface area contributed by atoms with Gasteiger partial charge in [0.15, 0.2) is 5.78 Å². The molecular formula is C15H21Cl3N2O. The lowest BCUT2D eigenvalue weighted by atomic mass is 9.96. The van der Waals surface area contributed by atoms with Crippen molar-refractivity contribution in [1.29, 1.82) is 0 Å². The van der Waals surface area contributed by atoms with Crippen LogP contribution in [0.1, 0.15) is 30.1 Å². The average molecular weight is 352 g/mol. The van der Waals surface area contributed by atoms with Gasteiger partial charge in [-0.15, -0.1) is 24.0 Å². The Morgan fingerprint density at radius 1 is 1.52 bits per heavy atom. The Balaban J connectivity index is 0.00000220. The maximum absolute atomic E-state index is 12.6. The highest BCUT2D eigenvalue weighted by molar-refractivity contribution is 6.33. The van der Waals surface area contributed by atoms with E-state index in [1.807, 2.05) is 0 Å². The van der Waals surface area contributed by atoms with Crippen molar-refractivity contribution in [3.63, 3.8) is 0 Å². The molecule has 1 saturated heterocycles. The van der Waals surface area contributed by atoms with Gasteiger partial charge >= 0.3 is 0 Å². The fourth-order valence-electron chi connectivity index (χ4n) is 2.72. The summed E-state index contributed by atoms with van der Waals surface area (Å²) >= 11 is 12.0. The third kappa shape index (κ3) is 4.49. The number of benzene rings is 1. The van der Waals surface area contributed by atoms with E-state index in [4.69, 9.17) is 28.9 Å². The van der Waals surface area contributed by atoms with Crippen molar-refractivity contribution in [3.8, 4) is 0 Å². The second-order valence-electron chi connectivity index (χ2n) is 5.51. The van der Waals surface area contributed by atoms with Crippen LogP contribution in [0.15, 0.2) is 18.2 Å². The number of halogens is 3. The van der Waals surface area contributed by atoms with E-state index in [2.05, 4.69) is 11.8 Å². The highest BCUT2D eigenvalue weighted by atomic mass is 35.5. The lowest BCUT2D eigenvalue weighted by molar-refractivity contribution is 0.0770. The molecule has 0 bridgehead atoms. The van der Waals surface area contributed by atoms with Crippen LogP contribution in [0.25, 0.3) is 0 Å². The topological polar surface area (TPSA) is 46.3 Å². The summed E-state index contributed by atoms with van der Waals surface area (Å²) in [5.41, 5.74) is 6.74. The van der Waals surface area contributed by atoms with Crippen molar-refractivity contribution in [1.82, 2.24) is 4.90 Å². The lowest BCUT2D eigenvalue weighted by Crippen LogP contribution is -2.47. The summed E-state index contributed by atoms with van der Waals surface area (Å²) in [6.07, 6.45) is 2.33. The number of hydrogen-bond acceptors (Lipinski definition) is 3. The molecule has 2 atom stereocenters. The summed E-state index contributed by atoms with van der Waals surface area (Å²) in [4.78, 5) is 14.8. The molecule has 2 unspecified atom stereocenters. The van der Waals surface area contributed by atoms with Gasteiger partial charge < -0.3 is 5.73 Å². The number of anilines is 1. The highest BCUT2D eigenvalue weighted by Gasteiger charge is 2.29. The van der Waals surface area contributed by atoms with E-state index in [0.29, 0.717) is 28.1 Å². The van der Waals surface area contributed by atoms with Gasteiger partial charge in [-0.3, -0.25) is 9.69 Å². The molecule has 0 spiro atoms. The Kier molecular flexibility index (Phi) is 7.28. The first-order valence-electron chi connectivity index (χ1n) is 6.92. The number of likely N-dealkylation sites (tertiary alicyclic amines) is 1.